The van der Waals surface area contributed by atoms with Crippen molar-refractivity contribution in [2.75, 3.05) is 26.3 Å². The third-order valence-corrected chi connectivity index (χ3v) is 2.70. The maximum absolute atomic E-state index is 11.5. The molecule has 0 heterocycles. The summed E-state index contributed by atoms with van der Waals surface area (Å²) in [4.78, 5) is 23.0. The molecule has 0 aliphatic heterocycles. The smallest absolute Gasteiger partial charge is 0.309 e. The first kappa shape index (κ1) is 16.2. The summed E-state index contributed by atoms with van der Waals surface area (Å²) in [5.41, 5.74) is 1.13. The van der Waals surface area contributed by atoms with Crippen LogP contribution < -0.4 is 10.6 Å². The standard InChI is InChI=1S/C15H22N2O3/c1-2-20-12-6-10-16-14(18)15(19)17-11-9-13-7-4-3-5-8-13/h3-5,7-8H,2,6,9-12H2,1H3,(H,16,18)(H,17,19). The Balaban J connectivity index is 2.11. The lowest BCUT2D eigenvalue weighted by Crippen LogP contribution is -2.41. The zero-order chi connectivity index (χ0) is 14.6. The monoisotopic (exact) mass is 278 g/mol. The van der Waals surface area contributed by atoms with Crippen molar-refractivity contribution in [2.24, 2.45) is 0 Å². The number of carbonyl (C=O) groups is 2. The van der Waals surface area contributed by atoms with Gasteiger partial charge in [0, 0.05) is 26.3 Å². The minimum atomic E-state index is -0.588. The fourth-order valence-corrected chi connectivity index (χ4v) is 1.65. The summed E-state index contributed by atoms with van der Waals surface area (Å²) in [6.45, 7) is 4.07. The van der Waals surface area contributed by atoms with E-state index in [2.05, 4.69) is 10.6 Å². The van der Waals surface area contributed by atoms with E-state index >= 15 is 0 Å². The zero-order valence-electron chi connectivity index (χ0n) is 11.9. The minimum Gasteiger partial charge on any atom is -0.382 e. The van der Waals surface area contributed by atoms with Gasteiger partial charge >= 0.3 is 11.8 Å². The molecule has 0 saturated heterocycles. The van der Waals surface area contributed by atoms with Gasteiger partial charge in [0.2, 0.25) is 0 Å². The number of hydrogen-bond donors (Lipinski definition) is 2. The summed E-state index contributed by atoms with van der Waals surface area (Å²) in [6, 6.07) is 9.81. The van der Waals surface area contributed by atoms with Gasteiger partial charge in [0.05, 0.1) is 0 Å². The molecule has 0 saturated carbocycles. The number of nitrogens with one attached hydrogen (secondary N) is 2. The molecule has 0 spiro atoms. The van der Waals surface area contributed by atoms with Crippen LogP contribution >= 0.6 is 0 Å². The molecule has 0 aliphatic carbocycles. The van der Waals surface area contributed by atoms with Crippen molar-refractivity contribution in [3.8, 4) is 0 Å². The summed E-state index contributed by atoms with van der Waals surface area (Å²) in [5, 5.41) is 5.16. The first-order valence-electron chi connectivity index (χ1n) is 6.91. The van der Waals surface area contributed by atoms with Crippen molar-refractivity contribution in [1.82, 2.24) is 10.6 Å². The lowest BCUT2D eigenvalue weighted by atomic mass is 10.1. The van der Waals surface area contributed by atoms with E-state index in [0.29, 0.717) is 39.1 Å². The van der Waals surface area contributed by atoms with E-state index in [-0.39, 0.29) is 0 Å². The lowest BCUT2D eigenvalue weighted by molar-refractivity contribution is -0.139. The molecule has 0 radical (unpaired) electrons. The molecule has 5 heteroatoms. The number of hydrogen-bond acceptors (Lipinski definition) is 3. The van der Waals surface area contributed by atoms with Gasteiger partial charge < -0.3 is 15.4 Å². The van der Waals surface area contributed by atoms with Gasteiger partial charge in [0.15, 0.2) is 0 Å². The maximum Gasteiger partial charge on any atom is 0.309 e. The second-order valence-electron chi connectivity index (χ2n) is 4.30. The fraction of sp³-hybridized carbons (Fsp3) is 0.467. The van der Waals surface area contributed by atoms with E-state index in [1.54, 1.807) is 0 Å². The van der Waals surface area contributed by atoms with Crippen LogP contribution in [0.4, 0.5) is 0 Å². The molecule has 0 atom stereocenters. The van der Waals surface area contributed by atoms with Crippen LogP contribution in [-0.4, -0.2) is 38.1 Å². The van der Waals surface area contributed by atoms with E-state index in [0.717, 1.165) is 5.56 Å². The Morgan fingerprint density at radius 1 is 1.05 bits per heavy atom. The minimum absolute atomic E-state index is 0.449. The molecule has 0 bridgehead atoms. The van der Waals surface area contributed by atoms with Gasteiger partial charge in [0.1, 0.15) is 0 Å². The number of carbonyl (C=O) groups excluding carboxylic acids is 2. The van der Waals surface area contributed by atoms with Crippen LogP contribution in [0.15, 0.2) is 30.3 Å². The molecular formula is C15H22N2O3. The molecule has 0 fully saturated rings. The Bertz CT molecular complexity index is 407. The average Bonchev–Trinajstić information content (AvgIpc) is 2.47. The van der Waals surface area contributed by atoms with Gasteiger partial charge in [0.25, 0.3) is 0 Å². The third-order valence-electron chi connectivity index (χ3n) is 2.70. The van der Waals surface area contributed by atoms with Crippen LogP contribution in [0.25, 0.3) is 0 Å². The van der Waals surface area contributed by atoms with Crippen LogP contribution in [0.5, 0.6) is 0 Å². The summed E-state index contributed by atoms with van der Waals surface area (Å²) < 4.78 is 5.14. The Morgan fingerprint density at radius 3 is 2.35 bits per heavy atom. The maximum atomic E-state index is 11.5. The van der Waals surface area contributed by atoms with Crippen LogP contribution in [0, 0.1) is 0 Å². The topological polar surface area (TPSA) is 67.4 Å². The molecule has 5 nitrogen and oxygen atoms in total. The van der Waals surface area contributed by atoms with Crippen molar-refractivity contribution < 1.29 is 14.3 Å². The Hall–Kier alpha value is -1.88. The number of ether oxygens (including phenoxy) is 1. The third kappa shape index (κ3) is 6.89. The molecule has 0 unspecified atom stereocenters. The first-order chi connectivity index (χ1) is 9.74. The van der Waals surface area contributed by atoms with E-state index in [9.17, 15) is 9.59 Å². The predicted molar refractivity (Wildman–Crippen MR) is 77.3 cm³/mol. The van der Waals surface area contributed by atoms with Gasteiger partial charge in [-0.3, -0.25) is 9.59 Å². The van der Waals surface area contributed by atoms with E-state index in [1.807, 2.05) is 37.3 Å². The lowest BCUT2D eigenvalue weighted by Gasteiger charge is -2.06. The molecule has 1 aromatic carbocycles. The summed E-state index contributed by atoms with van der Waals surface area (Å²) in [7, 11) is 0. The van der Waals surface area contributed by atoms with Crippen LogP contribution in [0.1, 0.15) is 18.9 Å². The SMILES string of the molecule is CCOCCCNC(=O)C(=O)NCCc1ccccc1. The van der Waals surface area contributed by atoms with Crippen molar-refractivity contribution in [1.29, 1.82) is 0 Å². The Kier molecular flexibility index (Phi) is 8.07. The number of rotatable bonds is 8. The zero-order valence-corrected chi connectivity index (χ0v) is 11.9. The van der Waals surface area contributed by atoms with Crippen molar-refractivity contribution in [3.63, 3.8) is 0 Å². The average molecular weight is 278 g/mol. The number of benzene rings is 1. The highest BCUT2D eigenvalue weighted by atomic mass is 16.5. The second-order valence-corrected chi connectivity index (χ2v) is 4.30. The highest BCUT2D eigenvalue weighted by Crippen LogP contribution is 1.97. The van der Waals surface area contributed by atoms with Crippen LogP contribution in [0.3, 0.4) is 0 Å². The predicted octanol–water partition coefficient (Wildman–Crippen LogP) is 0.888. The van der Waals surface area contributed by atoms with Gasteiger partial charge in [-0.1, -0.05) is 30.3 Å². The van der Waals surface area contributed by atoms with Gasteiger partial charge in [-0.25, -0.2) is 0 Å². The van der Waals surface area contributed by atoms with E-state index < -0.39 is 11.8 Å². The first-order valence-corrected chi connectivity index (χ1v) is 6.91. The van der Waals surface area contributed by atoms with Crippen molar-refractivity contribution in [2.45, 2.75) is 19.8 Å². The highest BCUT2D eigenvalue weighted by Gasteiger charge is 2.11. The molecule has 20 heavy (non-hydrogen) atoms. The molecule has 2 amide bonds. The van der Waals surface area contributed by atoms with Crippen molar-refractivity contribution >= 4 is 11.8 Å². The normalized spacial score (nSPS) is 10.1. The summed E-state index contributed by atoms with van der Waals surface area (Å²) in [6.07, 6.45) is 1.42. The van der Waals surface area contributed by atoms with Gasteiger partial charge in [-0.2, -0.15) is 0 Å². The summed E-state index contributed by atoms with van der Waals surface area (Å²) >= 11 is 0. The fourth-order valence-electron chi connectivity index (χ4n) is 1.65. The Labute approximate surface area is 119 Å². The molecular weight excluding hydrogens is 256 g/mol. The van der Waals surface area contributed by atoms with E-state index in [4.69, 9.17) is 4.74 Å². The molecule has 0 aromatic heterocycles. The molecule has 1 rings (SSSR count). The largest absolute Gasteiger partial charge is 0.382 e. The summed E-state index contributed by atoms with van der Waals surface area (Å²) in [5.74, 6) is -1.17. The number of amides is 2. The molecule has 1 aromatic rings. The van der Waals surface area contributed by atoms with Crippen LogP contribution in [0.2, 0.25) is 0 Å². The van der Waals surface area contributed by atoms with Crippen LogP contribution in [-0.2, 0) is 20.7 Å². The van der Waals surface area contributed by atoms with E-state index in [1.165, 1.54) is 0 Å². The Morgan fingerprint density at radius 2 is 1.70 bits per heavy atom. The molecule has 110 valence electrons. The second kappa shape index (κ2) is 9.97. The van der Waals surface area contributed by atoms with Gasteiger partial charge in [-0.05, 0) is 25.3 Å². The quantitative estimate of drug-likeness (QED) is 0.548. The highest BCUT2D eigenvalue weighted by molar-refractivity contribution is 6.35. The molecule has 2 N–H and O–H groups in total. The molecule has 0 aliphatic rings. The van der Waals surface area contributed by atoms with Crippen molar-refractivity contribution in [3.05, 3.63) is 35.9 Å². The van der Waals surface area contributed by atoms with Gasteiger partial charge in [-0.15, -0.1) is 0 Å².